The molecule has 11 heteroatoms. The minimum atomic E-state index is -4.28. The lowest BCUT2D eigenvalue weighted by atomic mass is 9.94. The second-order valence-corrected chi connectivity index (χ2v) is 15.6. The van der Waals surface area contributed by atoms with E-state index in [2.05, 4.69) is 5.32 Å². The van der Waals surface area contributed by atoms with Gasteiger partial charge in [-0.3, -0.25) is 13.9 Å². The van der Waals surface area contributed by atoms with E-state index >= 15 is 0 Å². The van der Waals surface area contributed by atoms with Crippen LogP contribution in [-0.2, 0) is 32.6 Å². The molecule has 2 amide bonds. The molecule has 1 fully saturated rings. The highest BCUT2D eigenvalue weighted by molar-refractivity contribution is 7.92. The SMILES string of the molecule is Cc1ccc(S(=O)(=O)N(CC(=O)N(Cc2c(Cl)cccc2Cl)[C@@H](Cc2ccccc2)C(=O)NC2CCCCC2)c2cccc(Cl)c2C)cc1. The van der Waals surface area contributed by atoms with Crippen LogP contribution in [-0.4, -0.2) is 43.8 Å². The van der Waals surface area contributed by atoms with Crippen LogP contribution in [0.1, 0.15) is 54.4 Å². The van der Waals surface area contributed by atoms with Crippen LogP contribution in [0.25, 0.3) is 0 Å². The number of rotatable bonds is 12. The van der Waals surface area contributed by atoms with Gasteiger partial charge >= 0.3 is 0 Å². The lowest BCUT2D eigenvalue weighted by molar-refractivity contribution is -0.140. The van der Waals surface area contributed by atoms with E-state index < -0.39 is 28.5 Å². The maximum atomic E-state index is 14.8. The van der Waals surface area contributed by atoms with E-state index in [9.17, 15) is 18.0 Å². The van der Waals surface area contributed by atoms with E-state index in [-0.39, 0.29) is 35.5 Å². The van der Waals surface area contributed by atoms with Gasteiger partial charge in [0.05, 0.1) is 10.6 Å². The first-order valence-corrected chi connectivity index (χ1v) is 18.9. The molecule has 7 nitrogen and oxygen atoms in total. The fourth-order valence-corrected chi connectivity index (χ4v) is 8.33. The molecule has 5 rings (SSSR count). The second kappa shape index (κ2) is 16.4. The summed E-state index contributed by atoms with van der Waals surface area (Å²) >= 11 is 19.8. The molecule has 1 N–H and O–H groups in total. The van der Waals surface area contributed by atoms with E-state index in [4.69, 9.17) is 34.8 Å². The van der Waals surface area contributed by atoms with Crippen LogP contribution in [0.5, 0.6) is 0 Å². The molecule has 1 saturated carbocycles. The number of hydrogen-bond acceptors (Lipinski definition) is 4. The van der Waals surface area contributed by atoms with E-state index in [0.717, 1.165) is 47.5 Å². The number of nitrogens with zero attached hydrogens (tertiary/aromatic N) is 2. The molecule has 49 heavy (non-hydrogen) atoms. The number of halogens is 3. The van der Waals surface area contributed by atoms with Gasteiger partial charge in [0.2, 0.25) is 11.8 Å². The van der Waals surface area contributed by atoms with Crippen LogP contribution in [0.15, 0.2) is 95.9 Å². The summed E-state index contributed by atoms with van der Waals surface area (Å²) in [6.07, 6.45) is 5.03. The van der Waals surface area contributed by atoms with E-state index in [1.165, 1.54) is 17.0 Å². The van der Waals surface area contributed by atoms with Gasteiger partial charge in [-0.1, -0.05) is 114 Å². The molecule has 0 radical (unpaired) electrons. The monoisotopic (exact) mass is 739 g/mol. The third-order valence-corrected chi connectivity index (χ3v) is 11.9. The van der Waals surface area contributed by atoms with Crippen molar-refractivity contribution in [3.05, 3.63) is 128 Å². The first-order chi connectivity index (χ1) is 23.5. The number of nitrogens with one attached hydrogen (secondary N) is 1. The lowest BCUT2D eigenvalue weighted by Gasteiger charge is -2.35. The Labute approximate surface area is 304 Å². The van der Waals surface area contributed by atoms with Crippen molar-refractivity contribution in [2.45, 2.75) is 75.9 Å². The summed E-state index contributed by atoms with van der Waals surface area (Å²) in [6, 6.07) is 24.8. The third kappa shape index (κ3) is 8.97. The Bertz CT molecular complexity index is 1860. The molecule has 258 valence electrons. The Morgan fingerprint density at radius 3 is 2.06 bits per heavy atom. The van der Waals surface area contributed by atoms with Crippen LogP contribution in [0.3, 0.4) is 0 Å². The van der Waals surface area contributed by atoms with Crippen molar-refractivity contribution < 1.29 is 18.0 Å². The topological polar surface area (TPSA) is 86.8 Å². The molecule has 1 atom stereocenters. The Balaban J connectivity index is 1.61. The van der Waals surface area contributed by atoms with Gasteiger partial charge in [-0.05, 0) is 74.2 Å². The van der Waals surface area contributed by atoms with Crippen LogP contribution < -0.4 is 9.62 Å². The van der Waals surface area contributed by atoms with Gasteiger partial charge in [-0.2, -0.15) is 0 Å². The summed E-state index contributed by atoms with van der Waals surface area (Å²) in [6.45, 7) is 2.83. The van der Waals surface area contributed by atoms with Crippen molar-refractivity contribution in [1.29, 1.82) is 0 Å². The van der Waals surface area contributed by atoms with Gasteiger partial charge in [0.15, 0.2) is 0 Å². The number of carbonyl (C=O) groups is 2. The van der Waals surface area contributed by atoms with E-state index in [0.29, 0.717) is 26.2 Å². The smallest absolute Gasteiger partial charge is 0.264 e. The molecule has 0 aliphatic heterocycles. The van der Waals surface area contributed by atoms with Crippen molar-refractivity contribution in [1.82, 2.24) is 10.2 Å². The third-order valence-electron chi connectivity index (χ3n) is 9.01. The van der Waals surface area contributed by atoms with Gasteiger partial charge in [-0.15, -0.1) is 0 Å². The number of hydrogen-bond donors (Lipinski definition) is 1. The summed E-state index contributed by atoms with van der Waals surface area (Å²) in [7, 11) is -4.28. The van der Waals surface area contributed by atoms with Crippen molar-refractivity contribution in [2.75, 3.05) is 10.8 Å². The largest absolute Gasteiger partial charge is 0.352 e. The molecule has 1 aliphatic rings. The second-order valence-electron chi connectivity index (χ2n) is 12.5. The average molecular weight is 741 g/mol. The van der Waals surface area contributed by atoms with E-state index in [1.54, 1.807) is 55.5 Å². The predicted octanol–water partition coefficient (Wildman–Crippen LogP) is 8.55. The van der Waals surface area contributed by atoms with Gasteiger partial charge in [0.1, 0.15) is 12.6 Å². The Hall–Kier alpha value is -3.56. The molecule has 1 aliphatic carbocycles. The van der Waals surface area contributed by atoms with Gasteiger partial charge in [-0.25, -0.2) is 8.42 Å². The number of amides is 2. The molecule has 4 aromatic rings. The number of sulfonamides is 1. The first-order valence-electron chi connectivity index (χ1n) is 16.4. The summed E-state index contributed by atoms with van der Waals surface area (Å²) in [5, 5.41) is 4.20. The van der Waals surface area contributed by atoms with Crippen molar-refractivity contribution in [2.24, 2.45) is 0 Å². The molecule has 0 spiro atoms. The minimum Gasteiger partial charge on any atom is -0.352 e. The number of anilines is 1. The van der Waals surface area contributed by atoms with Crippen LogP contribution >= 0.6 is 34.8 Å². The average Bonchev–Trinajstić information content (AvgIpc) is 3.08. The van der Waals surface area contributed by atoms with Crippen LogP contribution in [0.4, 0.5) is 5.69 Å². The zero-order chi connectivity index (χ0) is 35.1. The standard InChI is InChI=1S/C38H40Cl3N3O4S/c1-26-19-21-30(22-20-26)49(47,48)44(35-18-10-15-32(39)27(35)2)25-37(45)43(24-31-33(40)16-9-17-34(31)41)36(23-28-11-5-3-6-12-28)38(46)42-29-13-7-4-8-14-29/h3,5-6,9-12,15-22,29,36H,4,7-8,13-14,23-25H2,1-2H3,(H,42,46)/t36-/m0/s1. The molecule has 0 unspecified atom stereocenters. The first kappa shape index (κ1) is 36.7. The fourth-order valence-electron chi connectivity index (χ4n) is 6.17. The van der Waals surface area contributed by atoms with Crippen molar-refractivity contribution in [3.63, 3.8) is 0 Å². The zero-order valence-electron chi connectivity index (χ0n) is 27.5. The quantitative estimate of drug-likeness (QED) is 0.158. The zero-order valence-corrected chi connectivity index (χ0v) is 30.6. The van der Waals surface area contributed by atoms with Gasteiger partial charge < -0.3 is 10.2 Å². The Morgan fingerprint density at radius 1 is 0.796 bits per heavy atom. The minimum absolute atomic E-state index is 0.0156. The highest BCUT2D eigenvalue weighted by atomic mass is 35.5. The Kier molecular flexibility index (Phi) is 12.3. The van der Waals surface area contributed by atoms with Crippen LogP contribution in [0.2, 0.25) is 15.1 Å². The molecular formula is C38H40Cl3N3O4S. The molecule has 4 aromatic carbocycles. The molecular weight excluding hydrogens is 701 g/mol. The summed E-state index contributed by atoms with van der Waals surface area (Å²) in [5.41, 5.74) is 2.92. The van der Waals surface area contributed by atoms with Gasteiger partial charge in [0.25, 0.3) is 10.0 Å². The summed E-state index contributed by atoms with van der Waals surface area (Å²) in [5.74, 6) is -0.926. The highest BCUT2D eigenvalue weighted by Crippen LogP contribution is 2.33. The molecule has 0 aromatic heterocycles. The maximum absolute atomic E-state index is 14.8. The summed E-state index contributed by atoms with van der Waals surface area (Å²) in [4.78, 5) is 30.6. The predicted molar refractivity (Wildman–Crippen MR) is 198 cm³/mol. The van der Waals surface area contributed by atoms with E-state index in [1.807, 2.05) is 37.3 Å². The Morgan fingerprint density at radius 2 is 1.41 bits per heavy atom. The molecule has 0 bridgehead atoms. The van der Waals surface area contributed by atoms with Gasteiger partial charge in [0, 0.05) is 39.6 Å². The van der Waals surface area contributed by atoms with Crippen molar-refractivity contribution >= 4 is 62.3 Å². The highest BCUT2D eigenvalue weighted by Gasteiger charge is 2.36. The summed E-state index contributed by atoms with van der Waals surface area (Å²) < 4.78 is 29.8. The fraction of sp³-hybridized carbons (Fsp3) is 0.316. The number of benzene rings is 4. The normalized spacial score (nSPS) is 14.2. The number of carbonyl (C=O) groups excluding carboxylic acids is 2. The lowest BCUT2D eigenvalue weighted by Crippen LogP contribution is -2.55. The maximum Gasteiger partial charge on any atom is 0.264 e. The molecule has 0 saturated heterocycles. The number of aryl methyl sites for hydroxylation is 1. The van der Waals surface area contributed by atoms with Crippen LogP contribution in [0, 0.1) is 13.8 Å². The van der Waals surface area contributed by atoms with Crippen molar-refractivity contribution in [3.8, 4) is 0 Å². The molecule has 0 heterocycles.